The van der Waals surface area contributed by atoms with Gasteiger partial charge in [0.1, 0.15) is 24.7 Å². The van der Waals surface area contributed by atoms with Crippen molar-refractivity contribution < 1.29 is 30.6 Å². The quantitative estimate of drug-likeness (QED) is 0.328. The summed E-state index contributed by atoms with van der Waals surface area (Å²) >= 11 is 0. The highest BCUT2D eigenvalue weighted by molar-refractivity contribution is 5.06. The molecule has 0 fully saturated rings. The minimum absolute atomic E-state index is 0.165. The van der Waals surface area contributed by atoms with Crippen LogP contribution in [0.15, 0.2) is 24.0 Å². The van der Waals surface area contributed by atoms with E-state index in [9.17, 15) is 0 Å². The van der Waals surface area contributed by atoms with Crippen LogP contribution in [0.5, 0.6) is 0 Å². The van der Waals surface area contributed by atoms with Crippen molar-refractivity contribution in [2.24, 2.45) is 0 Å². The summed E-state index contributed by atoms with van der Waals surface area (Å²) in [6, 6.07) is 0. The van der Waals surface area contributed by atoms with Crippen LogP contribution < -0.4 is 0 Å². The molecule has 0 saturated heterocycles. The van der Waals surface area contributed by atoms with Crippen molar-refractivity contribution in [3.63, 3.8) is 0 Å². The molecule has 12 heavy (non-hydrogen) atoms. The highest BCUT2D eigenvalue weighted by Crippen LogP contribution is 2.08. The van der Waals surface area contributed by atoms with E-state index >= 15 is 0 Å². The van der Waals surface area contributed by atoms with Crippen LogP contribution in [0, 0.1) is 0 Å². The third kappa shape index (κ3) is 2.33. The zero-order valence-corrected chi connectivity index (χ0v) is 5.99. The summed E-state index contributed by atoms with van der Waals surface area (Å²) in [6.07, 6.45) is -3.42. The van der Waals surface area contributed by atoms with Gasteiger partial charge in [-0.05, 0) is 0 Å². The van der Waals surface area contributed by atoms with Crippen molar-refractivity contribution >= 4 is 0 Å². The highest BCUT2D eigenvalue weighted by atomic mass is 16.4. The Labute approximate surface area is 68.0 Å². The van der Waals surface area contributed by atoms with Gasteiger partial charge in [-0.2, -0.15) is 0 Å². The van der Waals surface area contributed by atoms with Crippen LogP contribution in [0.25, 0.3) is 0 Å². The standard InChI is InChI=1S/C6H10O6/c7-1-3(9)5(11)6(12)4(10)2-8/h1-2,5-12H/b3-1-,4-2-/t5-,6-/m1/s1. The van der Waals surface area contributed by atoms with Crippen molar-refractivity contribution in [3.05, 3.63) is 24.0 Å². The average molecular weight is 178 g/mol. The van der Waals surface area contributed by atoms with Gasteiger partial charge < -0.3 is 30.6 Å². The Morgan fingerprint density at radius 1 is 0.833 bits per heavy atom. The molecule has 0 radical (unpaired) electrons. The van der Waals surface area contributed by atoms with Crippen LogP contribution >= 0.6 is 0 Å². The zero-order valence-electron chi connectivity index (χ0n) is 5.99. The Morgan fingerprint density at radius 3 is 1.25 bits per heavy atom. The lowest BCUT2D eigenvalue weighted by atomic mass is 10.1. The molecule has 0 aromatic carbocycles. The molecule has 0 heterocycles. The molecule has 0 rings (SSSR count). The predicted molar refractivity (Wildman–Crippen MR) is 38.7 cm³/mol. The Morgan fingerprint density at radius 2 is 1.08 bits per heavy atom. The molecule has 0 aliphatic carbocycles. The van der Waals surface area contributed by atoms with Gasteiger partial charge in [-0.3, -0.25) is 0 Å². The van der Waals surface area contributed by atoms with Gasteiger partial charge >= 0.3 is 0 Å². The van der Waals surface area contributed by atoms with Crippen molar-refractivity contribution in [2.45, 2.75) is 12.2 Å². The third-order valence-corrected chi connectivity index (χ3v) is 1.17. The summed E-state index contributed by atoms with van der Waals surface area (Å²) in [7, 11) is 0. The SMILES string of the molecule is O/C=C(\O)[C@@H](O)[C@H](O)/C(O)=C/O. The van der Waals surface area contributed by atoms with Gasteiger partial charge in [0.05, 0.1) is 0 Å². The summed E-state index contributed by atoms with van der Waals surface area (Å²) in [6.45, 7) is 0. The Hall–Kier alpha value is -1.40. The molecule has 6 heteroatoms. The number of hydrogen-bond donors (Lipinski definition) is 6. The average Bonchev–Trinajstić information content (AvgIpc) is 2.12. The zero-order chi connectivity index (χ0) is 9.72. The largest absolute Gasteiger partial charge is 0.512 e. The lowest BCUT2D eigenvalue weighted by Gasteiger charge is -2.14. The molecule has 0 saturated carbocycles. The summed E-state index contributed by atoms with van der Waals surface area (Å²) in [4.78, 5) is 0. The van der Waals surface area contributed by atoms with Gasteiger partial charge in [0.2, 0.25) is 0 Å². The van der Waals surface area contributed by atoms with Crippen molar-refractivity contribution in [1.82, 2.24) is 0 Å². The maximum Gasteiger partial charge on any atom is 0.158 e. The fourth-order valence-corrected chi connectivity index (χ4v) is 0.476. The fourth-order valence-electron chi connectivity index (χ4n) is 0.476. The van der Waals surface area contributed by atoms with E-state index in [2.05, 4.69) is 0 Å². The van der Waals surface area contributed by atoms with E-state index in [1.54, 1.807) is 0 Å². The summed E-state index contributed by atoms with van der Waals surface area (Å²) < 4.78 is 0. The summed E-state index contributed by atoms with van der Waals surface area (Å²) in [5.74, 6) is -1.84. The normalized spacial score (nSPS) is 18.8. The first kappa shape index (κ1) is 10.6. The molecule has 0 aliphatic heterocycles. The molecule has 6 N–H and O–H groups in total. The Balaban J connectivity index is 4.39. The van der Waals surface area contributed by atoms with E-state index in [0.717, 1.165) is 0 Å². The molecule has 0 bridgehead atoms. The lowest BCUT2D eigenvalue weighted by molar-refractivity contribution is 0.0124. The van der Waals surface area contributed by atoms with Gasteiger partial charge in [0, 0.05) is 0 Å². The van der Waals surface area contributed by atoms with Crippen molar-refractivity contribution in [2.75, 3.05) is 0 Å². The van der Waals surface area contributed by atoms with Crippen LogP contribution in [0.1, 0.15) is 0 Å². The molecule has 0 aromatic heterocycles. The van der Waals surface area contributed by atoms with Crippen LogP contribution in [-0.2, 0) is 0 Å². The molecule has 0 aliphatic rings. The van der Waals surface area contributed by atoms with Gasteiger partial charge in [-0.15, -0.1) is 0 Å². The fraction of sp³-hybridized carbons (Fsp3) is 0.333. The van der Waals surface area contributed by atoms with Gasteiger partial charge in [-0.1, -0.05) is 0 Å². The molecule has 0 amide bonds. The van der Waals surface area contributed by atoms with Crippen molar-refractivity contribution in [1.29, 1.82) is 0 Å². The van der Waals surface area contributed by atoms with Gasteiger partial charge in [0.15, 0.2) is 11.5 Å². The van der Waals surface area contributed by atoms with E-state index < -0.39 is 23.7 Å². The van der Waals surface area contributed by atoms with E-state index in [1.807, 2.05) is 0 Å². The van der Waals surface area contributed by atoms with E-state index in [4.69, 9.17) is 30.6 Å². The van der Waals surface area contributed by atoms with E-state index in [0.29, 0.717) is 0 Å². The number of aliphatic hydroxyl groups is 6. The lowest BCUT2D eigenvalue weighted by Crippen LogP contribution is -2.29. The van der Waals surface area contributed by atoms with Gasteiger partial charge in [-0.25, -0.2) is 0 Å². The predicted octanol–water partition coefficient (Wildman–Crippen LogP) is -0.377. The third-order valence-electron chi connectivity index (χ3n) is 1.17. The van der Waals surface area contributed by atoms with E-state index in [1.165, 1.54) is 0 Å². The summed E-state index contributed by atoms with van der Waals surface area (Å²) in [5.41, 5.74) is 0. The first-order valence-corrected chi connectivity index (χ1v) is 2.97. The smallest absolute Gasteiger partial charge is 0.158 e. The van der Waals surface area contributed by atoms with Gasteiger partial charge in [0.25, 0.3) is 0 Å². The number of hydrogen-bond acceptors (Lipinski definition) is 6. The molecule has 0 spiro atoms. The second-order valence-electron chi connectivity index (χ2n) is 2.00. The minimum Gasteiger partial charge on any atom is -0.512 e. The minimum atomic E-state index is -1.88. The van der Waals surface area contributed by atoms with Crippen LogP contribution in [0.4, 0.5) is 0 Å². The molecular weight excluding hydrogens is 168 g/mol. The first-order valence-electron chi connectivity index (χ1n) is 2.97. The van der Waals surface area contributed by atoms with Crippen LogP contribution in [0.3, 0.4) is 0 Å². The topological polar surface area (TPSA) is 121 Å². The first-order chi connectivity index (χ1) is 5.54. The molecule has 70 valence electrons. The maximum atomic E-state index is 8.85. The molecule has 6 nitrogen and oxygen atoms in total. The maximum absolute atomic E-state index is 8.85. The Kier molecular flexibility index (Phi) is 3.95. The summed E-state index contributed by atoms with van der Waals surface area (Å²) in [5, 5.41) is 51.3. The van der Waals surface area contributed by atoms with Crippen LogP contribution in [-0.4, -0.2) is 42.8 Å². The molecule has 2 atom stereocenters. The molecular formula is C6H10O6. The molecule has 0 unspecified atom stereocenters. The monoisotopic (exact) mass is 178 g/mol. The van der Waals surface area contributed by atoms with E-state index in [-0.39, 0.29) is 12.5 Å². The second-order valence-corrected chi connectivity index (χ2v) is 2.00. The highest BCUT2D eigenvalue weighted by Gasteiger charge is 2.24. The Bertz CT molecular complexity index is 174. The van der Waals surface area contributed by atoms with Crippen LogP contribution in [0.2, 0.25) is 0 Å². The van der Waals surface area contributed by atoms with Crippen molar-refractivity contribution in [3.8, 4) is 0 Å². The number of aliphatic hydroxyl groups excluding tert-OH is 6. The second kappa shape index (κ2) is 4.47. The number of rotatable bonds is 3. The molecule has 0 aromatic rings.